The zero-order chi connectivity index (χ0) is 15.1. The summed E-state index contributed by atoms with van der Waals surface area (Å²) in [5.41, 5.74) is -1.51. The zero-order valence-electron chi connectivity index (χ0n) is 11.4. The summed E-state index contributed by atoms with van der Waals surface area (Å²) in [5.74, 6) is -0.170. The standard InChI is InChI=1S/C14H17F3N2O2/c15-14(16,17)13(5-6-18-8-13)12(20)19-10-2-1-3-11-9(10)4-7-21-11/h4,7,10,18H,1-3,5-6,8H2,(H,19,20). The summed E-state index contributed by atoms with van der Waals surface area (Å²) >= 11 is 0. The van der Waals surface area contributed by atoms with Crippen LogP contribution in [0.25, 0.3) is 0 Å². The van der Waals surface area contributed by atoms with Crippen molar-refractivity contribution < 1.29 is 22.4 Å². The maximum Gasteiger partial charge on any atom is 0.404 e. The quantitative estimate of drug-likeness (QED) is 0.881. The molecule has 1 amide bonds. The minimum Gasteiger partial charge on any atom is -0.469 e. The molecule has 2 aliphatic rings. The highest BCUT2D eigenvalue weighted by atomic mass is 19.4. The molecule has 1 fully saturated rings. The van der Waals surface area contributed by atoms with E-state index in [0.29, 0.717) is 6.42 Å². The first-order valence-electron chi connectivity index (χ1n) is 7.09. The number of hydrogen-bond acceptors (Lipinski definition) is 3. The lowest BCUT2D eigenvalue weighted by Crippen LogP contribution is -2.53. The van der Waals surface area contributed by atoms with Crippen LogP contribution >= 0.6 is 0 Å². The molecule has 1 aromatic heterocycles. The molecule has 2 unspecified atom stereocenters. The molecule has 0 spiro atoms. The van der Waals surface area contributed by atoms with Gasteiger partial charge in [0.25, 0.3) is 0 Å². The van der Waals surface area contributed by atoms with E-state index in [4.69, 9.17) is 4.42 Å². The fraction of sp³-hybridized carbons (Fsp3) is 0.643. The molecule has 1 aliphatic heterocycles. The van der Waals surface area contributed by atoms with Crippen molar-refractivity contribution in [3.63, 3.8) is 0 Å². The highest BCUT2D eigenvalue weighted by molar-refractivity contribution is 5.84. The number of rotatable bonds is 2. The molecule has 2 heterocycles. The van der Waals surface area contributed by atoms with E-state index in [1.165, 1.54) is 6.26 Å². The van der Waals surface area contributed by atoms with Gasteiger partial charge >= 0.3 is 6.18 Å². The second kappa shape index (κ2) is 5.05. The van der Waals surface area contributed by atoms with E-state index in [2.05, 4.69) is 10.6 Å². The predicted molar refractivity (Wildman–Crippen MR) is 68.5 cm³/mol. The maximum atomic E-state index is 13.3. The molecule has 1 aromatic rings. The molecule has 0 saturated carbocycles. The first-order valence-corrected chi connectivity index (χ1v) is 7.09. The van der Waals surface area contributed by atoms with Crippen molar-refractivity contribution in [2.75, 3.05) is 13.1 Å². The van der Waals surface area contributed by atoms with Crippen molar-refractivity contribution >= 4 is 5.91 Å². The number of furan rings is 1. The van der Waals surface area contributed by atoms with Crippen LogP contribution in [0.1, 0.15) is 36.6 Å². The summed E-state index contributed by atoms with van der Waals surface area (Å²) < 4.78 is 45.3. The maximum absolute atomic E-state index is 13.3. The Labute approximate surface area is 120 Å². The SMILES string of the molecule is O=C(NC1CCCc2occc21)C1(C(F)(F)F)CCNC1. The second-order valence-electron chi connectivity index (χ2n) is 5.72. The fourth-order valence-electron chi connectivity index (χ4n) is 3.19. The van der Waals surface area contributed by atoms with Crippen molar-refractivity contribution in [3.8, 4) is 0 Å². The van der Waals surface area contributed by atoms with E-state index in [1.807, 2.05) is 0 Å². The smallest absolute Gasteiger partial charge is 0.404 e. The molecular weight excluding hydrogens is 285 g/mol. The van der Waals surface area contributed by atoms with Crippen LogP contribution in [0.5, 0.6) is 0 Å². The monoisotopic (exact) mass is 302 g/mol. The van der Waals surface area contributed by atoms with E-state index >= 15 is 0 Å². The van der Waals surface area contributed by atoms with Crippen molar-refractivity contribution in [3.05, 3.63) is 23.7 Å². The van der Waals surface area contributed by atoms with Crippen LogP contribution in [-0.2, 0) is 11.2 Å². The van der Waals surface area contributed by atoms with Crippen LogP contribution in [-0.4, -0.2) is 25.2 Å². The van der Waals surface area contributed by atoms with Crippen LogP contribution in [0.4, 0.5) is 13.2 Å². The van der Waals surface area contributed by atoms with Gasteiger partial charge in [-0.25, -0.2) is 0 Å². The molecule has 116 valence electrons. The molecule has 7 heteroatoms. The van der Waals surface area contributed by atoms with Gasteiger partial charge in [0.2, 0.25) is 5.91 Å². The Hall–Kier alpha value is -1.50. The minimum absolute atomic E-state index is 0.203. The van der Waals surface area contributed by atoms with E-state index in [9.17, 15) is 18.0 Å². The van der Waals surface area contributed by atoms with E-state index < -0.39 is 17.5 Å². The number of carbonyl (C=O) groups excluding carboxylic acids is 1. The molecule has 1 aliphatic carbocycles. The van der Waals surface area contributed by atoms with Gasteiger partial charge in [-0.1, -0.05) is 0 Å². The van der Waals surface area contributed by atoms with Crippen LogP contribution < -0.4 is 10.6 Å². The molecule has 2 atom stereocenters. The van der Waals surface area contributed by atoms with Crippen molar-refractivity contribution in [2.45, 2.75) is 37.9 Å². The van der Waals surface area contributed by atoms with E-state index in [1.54, 1.807) is 6.07 Å². The van der Waals surface area contributed by atoms with Gasteiger partial charge in [0.05, 0.1) is 12.3 Å². The van der Waals surface area contributed by atoms with Gasteiger partial charge in [-0.15, -0.1) is 0 Å². The van der Waals surface area contributed by atoms with Gasteiger partial charge in [-0.3, -0.25) is 4.79 Å². The molecule has 3 rings (SSSR count). The Morgan fingerprint density at radius 2 is 2.29 bits per heavy atom. The van der Waals surface area contributed by atoms with E-state index in [0.717, 1.165) is 24.2 Å². The van der Waals surface area contributed by atoms with Gasteiger partial charge in [-0.2, -0.15) is 13.2 Å². The van der Waals surface area contributed by atoms with Gasteiger partial charge < -0.3 is 15.1 Å². The topological polar surface area (TPSA) is 54.3 Å². The molecule has 4 nitrogen and oxygen atoms in total. The summed E-state index contributed by atoms with van der Waals surface area (Å²) in [7, 11) is 0. The number of aryl methyl sites for hydroxylation is 1. The fourth-order valence-corrected chi connectivity index (χ4v) is 3.19. The Morgan fingerprint density at radius 1 is 1.48 bits per heavy atom. The molecular formula is C14H17F3N2O2. The largest absolute Gasteiger partial charge is 0.469 e. The van der Waals surface area contributed by atoms with Crippen LogP contribution in [0, 0.1) is 5.41 Å². The Morgan fingerprint density at radius 3 is 2.95 bits per heavy atom. The number of carbonyl (C=O) groups is 1. The summed E-state index contributed by atoms with van der Waals surface area (Å²) in [5, 5.41) is 5.24. The Bertz CT molecular complexity index is 533. The van der Waals surface area contributed by atoms with Crippen LogP contribution in [0.3, 0.4) is 0 Å². The second-order valence-corrected chi connectivity index (χ2v) is 5.72. The van der Waals surface area contributed by atoms with Crippen molar-refractivity contribution in [1.82, 2.24) is 10.6 Å². The average molecular weight is 302 g/mol. The summed E-state index contributed by atoms with van der Waals surface area (Å²) in [6, 6.07) is 1.34. The highest BCUT2D eigenvalue weighted by Gasteiger charge is 2.61. The summed E-state index contributed by atoms with van der Waals surface area (Å²) in [6.07, 6.45) is -1.05. The molecule has 0 radical (unpaired) electrons. The third-order valence-corrected chi connectivity index (χ3v) is 4.49. The number of halogens is 3. The van der Waals surface area contributed by atoms with Crippen molar-refractivity contribution in [1.29, 1.82) is 0 Å². The lowest BCUT2D eigenvalue weighted by Gasteiger charge is -2.32. The van der Waals surface area contributed by atoms with Crippen molar-refractivity contribution in [2.24, 2.45) is 5.41 Å². The number of fused-ring (bicyclic) bond motifs is 1. The number of amides is 1. The van der Waals surface area contributed by atoms with Gasteiger partial charge in [0, 0.05) is 18.5 Å². The third-order valence-electron chi connectivity index (χ3n) is 4.49. The molecule has 21 heavy (non-hydrogen) atoms. The molecule has 0 aromatic carbocycles. The third kappa shape index (κ3) is 2.33. The van der Waals surface area contributed by atoms with Crippen LogP contribution in [0.15, 0.2) is 16.7 Å². The van der Waals surface area contributed by atoms with Gasteiger partial charge in [0.1, 0.15) is 5.76 Å². The van der Waals surface area contributed by atoms with Gasteiger partial charge in [0.15, 0.2) is 5.41 Å². The van der Waals surface area contributed by atoms with E-state index in [-0.39, 0.29) is 25.6 Å². The highest BCUT2D eigenvalue weighted by Crippen LogP contribution is 2.44. The average Bonchev–Trinajstić information content (AvgIpc) is 3.08. The molecule has 2 N–H and O–H groups in total. The normalized spacial score (nSPS) is 29.2. The Balaban J connectivity index is 1.81. The summed E-state index contributed by atoms with van der Waals surface area (Å²) in [4.78, 5) is 12.3. The lowest BCUT2D eigenvalue weighted by molar-refractivity contribution is -0.216. The molecule has 1 saturated heterocycles. The summed E-state index contributed by atoms with van der Waals surface area (Å²) in [6.45, 7) is -0.151. The zero-order valence-corrected chi connectivity index (χ0v) is 11.4. The molecule has 0 bridgehead atoms. The number of alkyl halides is 3. The predicted octanol–water partition coefficient (Wildman–Crippen LogP) is 2.32. The first kappa shape index (κ1) is 14.4. The Kier molecular flexibility index (Phi) is 3.47. The minimum atomic E-state index is -4.55. The van der Waals surface area contributed by atoms with Crippen LogP contribution in [0.2, 0.25) is 0 Å². The van der Waals surface area contributed by atoms with Gasteiger partial charge in [-0.05, 0) is 31.9 Å². The lowest BCUT2D eigenvalue weighted by atomic mass is 9.84. The first-order chi connectivity index (χ1) is 9.94. The number of nitrogens with one attached hydrogen (secondary N) is 2. The number of hydrogen-bond donors (Lipinski definition) is 2.